The standard InChI is InChI=1S/C20H21N5O2/c1-11-6-12(2)8-13(7-11)18-23-19(21)24-20-22-14-9-16-17(10-15(14)25(18)20)27-5-3-4-26-16/h6-10,18H,3-5H2,1-2H3,(H3,21,22,23,24). The van der Waals surface area contributed by atoms with Gasteiger partial charge >= 0.3 is 0 Å². The number of imidazole rings is 1. The highest BCUT2D eigenvalue weighted by Gasteiger charge is 2.27. The number of hydrogen-bond acceptors (Lipinski definition) is 6. The van der Waals surface area contributed by atoms with Crippen molar-refractivity contribution >= 4 is 22.9 Å². The molecule has 0 saturated carbocycles. The van der Waals surface area contributed by atoms with Gasteiger partial charge in [0.1, 0.15) is 0 Å². The SMILES string of the molecule is Cc1cc(C)cc(C2N=C(N)Nc3nc4cc5c(cc4n32)OCCCO5)c1. The molecule has 138 valence electrons. The normalized spacial score (nSPS) is 18.4. The first-order valence-corrected chi connectivity index (χ1v) is 9.08. The van der Waals surface area contributed by atoms with Gasteiger partial charge in [-0.2, -0.15) is 0 Å². The van der Waals surface area contributed by atoms with Gasteiger partial charge in [0.25, 0.3) is 0 Å². The molecule has 0 amide bonds. The van der Waals surface area contributed by atoms with Crippen LogP contribution in [-0.2, 0) is 0 Å². The Kier molecular flexibility index (Phi) is 3.50. The first kappa shape index (κ1) is 16.0. The second-order valence-electron chi connectivity index (χ2n) is 7.08. The highest BCUT2D eigenvalue weighted by atomic mass is 16.5. The zero-order chi connectivity index (χ0) is 18.5. The Balaban J connectivity index is 1.72. The number of aryl methyl sites for hydroxylation is 2. The van der Waals surface area contributed by atoms with Crippen molar-refractivity contribution in [1.29, 1.82) is 0 Å². The van der Waals surface area contributed by atoms with Crippen molar-refractivity contribution in [2.45, 2.75) is 26.4 Å². The van der Waals surface area contributed by atoms with E-state index in [-0.39, 0.29) is 6.17 Å². The molecule has 1 atom stereocenters. The number of nitrogens with zero attached hydrogens (tertiary/aromatic N) is 3. The predicted molar refractivity (Wildman–Crippen MR) is 105 cm³/mol. The molecule has 0 spiro atoms. The summed E-state index contributed by atoms with van der Waals surface area (Å²) in [6.45, 7) is 5.46. The van der Waals surface area contributed by atoms with Crippen LogP contribution in [0, 0.1) is 13.8 Å². The van der Waals surface area contributed by atoms with E-state index >= 15 is 0 Å². The summed E-state index contributed by atoms with van der Waals surface area (Å²) < 4.78 is 13.7. The summed E-state index contributed by atoms with van der Waals surface area (Å²) in [6, 6.07) is 10.3. The number of hydrogen-bond donors (Lipinski definition) is 2. The quantitative estimate of drug-likeness (QED) is 0.694. The zero-order valence-electron chi connectivity index (χ0n) is 15.3. The Bertz CT molecular complexity index is 1070. The summed E-state index contributed by atoms with van der Waals surface area (Å²) in [4.78, 5) is 9.38. The second kappa shape index (κ2) is 5.90. The van der Waals surface area contributed by atoms with Gasteiger partial charge in [-0.1, -0.05) is 29.3 Å². The van der Waals surface area contributed by atoms with Crippen LogP contribution in [0.15, 0.2) is 35.3 Å². The van der Waals surface area contributed by atoms with E-state index in [4.69, 9.17) is 20.2 Å². The van der Waals surface area contributed by atoms with Crippen LogP contribution in [0.3, 0.4) is 0 Å². The van der Waals surface area contributed by atoms with Gasteiger partial charge in [0, 0.05) is 18.6 Å². The number of anilines is 1. The third-order valence-corrected chi connectivity index (χ3v) is 4.85. The van der Waals surface area contributed by atoms with Gasteiger partial charge in [-0.25, -0.2) is 9.98 Å². The summed E-state index contributed by atoms with van der Waals surface area (Å²) in [5.74, 6) is 2.49. The van der Waals surface area contributed by atoms with Crippen LogP contribution in [0.4, 0.5) is 5.95 Å². The van der Waals surface area contributed by atoms with Gasteiger partial charge < -0.3 is 15.2 Å². The number of nitrogens with one attached hydrogen (secondary N) is 1. The van der Waals surface area contributed by atoms with Crippen molar-refractivity contribution in [2.24, 2.45) is 10.7 Å². The monoisotopic (exact) mass is 363 g/mol. The molecule has 0 saturated heterocycles. The van der Waals surface area contributed by atoms with Gasteiger partial charge in [-0.15, -0.1) is 0 Å². The molecule has 2 aliphatic heterocycles. The minimum Gasteiger partial charge on any atom is -0.489 e. The van der Waals surface area contributed by atoms with Crippen molar-refractivity contribution < 1.29 is 9.47 Å². The molecule has 3 N–H and O–H groups in total. The minimum atomic E-state index is -0.283. The first-order chi connectivity index (χ1) is 13.1. The summed E-state index contributed by atoms with van der Waals surface area (Å²) >= 11 is 0. The maximum absolute atomic E-state index is 6.05. The second-order valence-corrected chi connectivity index (χ2v) is 7.08. The first-order valence-electron chi connectivity index (χ1n) is 9.08. The van der Waals surface area contributed by atoms with Crippen molar-refractivity contribution in [2.75, 3.05) is 18.5 Å². The third kappa shape index (κ3) is 2.66. The lowest BCUT2D eigenvalue weighted by molar-refractivity contribution is 0.297. The highest BCUT2D eigenvalue weighted by Crippen LogP contribution is 2.39. The fourth-order valence-electron chi connectivity index (χ4n) is 3.81. The smallest absolute Gasteiger partial charge is 0.212 e. The van der Waals surface area contributed by atoms with E-state index in [2.05, 4.69) is 46.9 Å². The van der Waals surface area contributed by atoms with Crippen LogP contribution in [0.2, 0.25) is 0 Å². The van der Waals surface area contributed by atoms with E-state index in [9.17, 15) is 0 Å². The van der Waals surface area contributed by atoms with Gasteiger partial charge in [0.05, 0.1) is 24.2 Å². The van der Waals surface area contributed by atoms with E-state index in [1.54, 1.807) is 0 Å². The third-order valence-electron chi connectivity index (χ3n) is 4.85. The highest BCUT2D eigenvalue weighted by molar-refractivity contribution is 5.95. The molecule has 7 nitrogen and oxygen atoms in total. The Hall–Kier alpha value is -3.22. The summed E-state index contributed by atoms with van der Waals surface area (Å²) in [7, 11) is 0. The maximum Gasteiger partial charge on any atom is 0.212 e. The average Bonchev–Trinajstić information content (AvgIpc) is 2.80. The molecule has 7 heteroatoms. The number of fused-ring (bicyclic) bond motifs is 4. The van der Waals surface area contributed by atoms with Crippen molar-refractivity contribution in [3.8, 4) is 11.5 Å². The number of nitrogens with two attached hydrogens (primary N) is 1. The number of rotatable bonds is 1. The number of guanidine groups is 1. The molecular formula is C20H21N5O2. The molecule has 0 aliphatic carbocycles. The van der Waals surface area contributed by atoms with Gasteiger partial charge in [0.15, 0.2) is 23.6 Å². The molecule has 1 unspecified atom stereocenters. The molecule has 27 heavy (non-hydrogen) atoms. The summed E-state index contributed by atoms with van der Waals surface area (Å²) in [6.07, 6.45) is 0.583. The lowest BCUT2D eigenvalue weighted by atomic mass is 10.0. The van der Waals surface area contributed by atoms with Crippen LogP contribution < -0.4 is 20.5 Å². The molecule has 0 bridgehead atoms. The van der Waals surface area contributed by atoms with Crippen LogP contribution in [0.5, 0.6) is 11.5 Å². The van der Waals surface area contributed by atoms with Crippen LogP contribution in [0.1, 0.15) is 29.3 Å². The fraction of sp³-hybridized carbons (Fsp3) is 0.300. The number of benzene rings is 2. The Morgan fingerprint density at radius 1 is 1.04 bits per heavy atom. The molecular weight excluding hydrogens is 342 g/mol. The summed E-state index contributed by atoms with van der Waals surface area (Å²) in [5.41, 5.74) is 11.3. The molecule has 3 aromatic rings. The van der Waals surface area contributed by atoms with Crippen molar-refractivity contribution in [1.82, 2.24) is 9.55 Å². The fourth-order valence-corrected chi connectivity index (χ4v) is 3.81. The zero-order valence-corrected chi connectivity index (χ0v) is 15.3. The molecule has 1 aromatic heterocycles. The molecule has 5 rings (SSSR count). The Morgan fingerprint density at radius 3 is 2.48 bits per heavy atom. The van der Waals surface area contributed by atoms with Crippen LogP contribution in [-0.4, -0.2) is 28.7 Å². The largest absolute Gasteiger partial charge is 0.489 e. The Labute approximate surface area is 156 Å². The molecule has 0 fully saturated rings. The van der Waals surface area contributed by atoms with E-state index in [0.717, 1.165) is 34.5 Å². The van der Waals surface area contributed by atoms with E-state index < -0.39 is 0 Å². The van der Waals surface area contributed by atoms with Crippen LogP contribution in [0.25, 0.3) is 11.0 Å². The molecule has 0 radical (unpaired) electrons. The Morgan fingerprint density at radius 2 is 1.74 bits per heavy atom. The lowest BCUT2D eigenvalue weighted by Crippen LogP contribution is -2.31. The van der Waals surface area contributed by atoms with Gasteiger partial charge in [-0.05, 0) is 19.4 Å². The molecule has 2 aliphatic rings. The maximum atomic E-state index is 6.05. The van der Waals surface area contributed by atoms with Crippen molar-refractivity contribution in [3.05, 3.63) is 47.0 Å². The predicted octanol–water partition coefficient (Wildman–Crippen LogP) is 3.10. The minimum absolute atomic E-state index is 0.283. The van der Waals surface area contributed by atoms with E-state index in [0.29, 0.717) is 25.1 Å². The lowest BCUT2D eigenvalue weighted by Gasteiger charge is -2.24. The van der Waals surface area contributed by atoms with E-state index in [1.807, 2.05) is 12.1 Å². The molecule has 2 aromatic carbocycles. The van der Waals surface area contributed by atoms with Gasteiger partial charge in [0.2, 0.25) is 5.95 Å². The van der Waals surface area contributed by atoms with Crippen molar-refractivity contribution in [3.63, 3.8) is 0 Å². The van der Waals surface area contributed by atoms with E-state index in [1.165, 1.54) is 11.1 Å². The average molecular weight is 363 g/mol. The number of aliphatic imine (C=N–C) groups is 1. The van der Waals surface area contributed by atoms with Gasteiger partial charge in [-0.3, -0.25) is 9.88 Å². The number of aromatic nitrogens is 2. The topological polar surface area (TPSA) is 86.7 Å². The molecule has 3 heterocycles. The summed E-state index contributed by atoms with van der Waals surface area (Å²) in [5, 5.41) is 3.08. The van der Waals surface area contributed by atoms with Crippen LogP contribution >= 0.6 is 0 Å². The number of ether oxygens (including phenoxy) is 2.